The van der Waals surface area contributed by atoms with Crippen molar-refractivity contribution in [3.8, 4) is 11.5 Å². The van der Waals surface area contributed by atoms with Crippen LogP contribution in [0.3, 0.4) is 0 Å². The summed E-state index contributed by atoms with van der Waals surface area (Å²) in [5, 5.41) is 3.39. The Morgan fingerprint density at radius 1 is 0.971 bits per heavy atom. The van der Waals surface area contributed by atoms with Crippen molar-refractivity contribution in [1.29, 1.82) is 0 Å². The lowest BCUT2D eigenvalue weighted by molar-refractivity contribution is -0.123. The number of hydrogen-bond donors (Lipinski definition) is 1. The maximum Gasteiger partial charge on any atom is 0.223 e. The highest BCUT2D eigenvalue weighted by Crippen LogP contribution is 2.59. The van der Waals surface area contributed by atoms with E-state index < -0.39 is 0 Å². The fourth-order valence-electron chi connectivity index (χ4n) is 6.46. The Bertz CT molecular complexity index is 992. The van der Waals surface area contributed by atoms with Gasteiger partial charge < -0.3 is 14.8 Å². The van der Waals surface area contributed by atoms with Crippen LogP contribution in [-0.4, -0.2) is 44.7 Å². The molecule has 0 radical (unpaired) electrons. The maximum atomic E-state index is 13.2. The molecule has 1 aliphatic heterocycles. The number of nitrogens with one attached hydrogen (secondary N) is 1. The molecule has 1 heterocycles. The van der Waals surface area contributed by atoms with Crippen molar-refractivity contribution in [1.82, 2.24) is 10.2 Å². The number of hydrogen-bond acceptors (Lipinski definition) is 4. The SMILES string of the molecule is COc1ccc(CN2CCC3(CC2)CC3C(=O)NCC2(c3ccccc3)CCCC2)cc1OC. The number of nitrogens with zero attached hydrogens (tertiary/aromatic N) is 1. The first-order valence-electron chi connectivity index (χ1n) is 12.8. The molecule has 182 valence electrons. The van der Waals surface area contributed by atoms with Gasteiger partial charge in [0.25, 0.3) is 0 Å². The molecule has 5 rings (SSSR count). The molecule has 2 aromatic carbocycles. The predicted molar refractivity (Wildman–Crippen MR) is 134 cm³/mol. The average molecular weight is 463 g/mol. The second-order valence-electron chi connectivity index (χ2n) is 10.7. The number of rotatable bonds is 8. The van der Waals surface area contributed by atoms with E-state index in [9.17, 15) is 4.79 Å². The first kappa shape index (κ1) is 23.2. The standard InChI is InChI=1S/C29H38N2O3/c1-33-25-11-10-22(18-26(25)34-2)20-31-16-14-28(15-17-31)19-24(28)27(32)30-21-29(12-6-7-13-29)23-8-4-3-5-9-23/h3-5,8-11,18,24H,6-7,12-17,19-21H2,1-2H3,(H,30,32). The molecule has 2 saturated carbocycles. The summed E-state index contributed by atoms with van der Waals surface area (Å²) < 4.78 is 10.8. The van der Waals surface area contributed by atoms with Crippen molar-refractivity contribution in [2.75, 3.05) is 33.9 Å². The van der Waals surface area contributed by atoms with E-state index in [0.717, 1.165) is 56.9 Å². The zero-order valence-electron chi connectivity index (χ0n) is 20.6. The van der Waals surface area contributed by atoms with Crippen molar-refractivity contribution in [2.24, 2.45) is 11.3 Å². The molecule has 1 atom stereocenters. The van der Waals surface area contributed by atoms with Crippen LogP contribution in [0.4, 0.5) is 0 Å². The minimum absolute atomic E-state index is 0.127. The van der Waals surface area contributed by atoms with Crippen LogP contribution in [-0.2, 0) is 16.8 Å². The van der Waals surface area contributed by atoms with Gasteiger partial charge in [0.15, 0.2) is 11.5 Å². The molecular formula is C29H38N2O3. The molecule has 3 aliphatic rings. The molecule has 3 fully saturated rings. The lowest BCUT2D eigenvalue weighted by atomic mass is 9.78. The van der Waals surface area contributed by atoms with Gasteiger partial charge in [0.1, 0.15) is 0 Å². The molecule has 5 heteroatoms. The number of benzene rings is 2. The summed E-state index contributed by atoms with van der Waals surface area (Å²) in [6, 6.07) is 17.0. The zero-order chi connectivity index (χ0) is 23.6. The Balaban J connectivity index is 1.13. The lowest BCUT2D eigenvalue weighted by Gasteiger charge is -2.33. The number of amides is 1. The van der Waals surface area contributed by atoms with E-state index in [1.807, 2.05) is 6.07 Å². The van der Waals surface area contributed by atoms with Gasteiger partial charge in [0.2, 0.25) is 5.91 Å². The van der Waals surface area contributed by atoms with Crippen LogP contribution >= 0.6 is 0 Å². The highest BCUT2D eigenvalue weighted by molar-refractivity contribution is 5.82. The van der Waals surface area contributed by atoms with Gasteiger partial charge in [-0.3, -0.25) is 9.69 Å². The number of ether oxygens (including phenoxy) is 2. The fraction of sp³-hybridized carbons (Fsp3) is 0.552. The van der Waals surface area contributed by atoms with E-state index in [2.05, 4.69) is 52.7 Å². The van der Waals surface area contributed by atoms with Crippen molar-refractivity contribution in [3.63, 3.8) is 0 Å². The van der Waals surface area contributed by atoms with E-state index in [0.29, 0.717) is 0 Å². The molecule has 2 aliphatic carbocycles. The van der Waals surface area contributed by atoms with Crippen molar-refractivity contribution in [2.45, 2.75) is 56.9 Å². The van der Waals surface area contributed by atoms with Crippen LogP contribution in [0.1, 0.15) is 56.1 Å². The number of methoxy groups -OCH3 is 2. The Kier molecular flexibility index (Phi) is 6.57. The Morgan fingerprint density at radius 3 is 2.35 bits per heavy atom. The first-order valence-corrected chi connectivity index (χ1v) is 12.8. The molecule has 1 saturated heterocycles. The first-order chi connectivity index (χ1) is 16.6. The predicted octanol–water partition coefficient (Wildman–Crippen LogP) is 4.93. The number of piperidine rings is 1. The van der Waals surface area contributed by atoms with Gasteiger partial charge in [-0.15, -0.1) is 0 Å². The summed E-state index contributed by atoms with van der Waals surface area (Å²) >= 11 is 0. The molecule has 1 N–H and O–H groups in total. The lowest BCUT2D eigenvalue weighted by Crippen LogP contribution is -2.41. The smallest absolute Gasteiger partial charge is 0.223 e. The van der Waals surface area contributed by atoms with Crippen LogP contribution in [0.15, 0.2) is 48.5 Å². The number of carbonyl (C=O) groups is 1. The van der Waals surface area contributed by atoms with Crippen LogP contribution in [0.5, 0.6) is 11.5 Å². The molecule has 0 bridgehead atoms. The van der Waals surface area contributed by atoms with Gasteiger partial charge in [0.05, 0.1) is 14.2 Å². The monoisotopic (exact) mass is 462 g/mol. The molecule has 1 unspecified atom stereocenters. The van der Waals surface area contributed by atoms with Crippen LogP contribution in [0, 0.1) is 11.3 Å². The van der Waals surface area contributed by atoms with E-state index in [-0.39, 0.29) is 22.7 Å². The van der Waals surface area contributed by atoms with E-state index in [4.69, 9.17) is 9.47 Å². The fourth-order valence-corrected chi connectivity index (χ4v) is 6.46. The van der Waals surface area contributed by atoms with Crippen LogP contribution < -0.4 is 14.8 Å². The van der Waals surface area contributed by atoms with Gasteiger partial charge >= 0.3 is 0 Å². The van der Waals surface area contributed by atoms with Crippen molar-refractivity contribution in [3.05, 3.63) is 59.7 Å². The summed E-state index contributed by atoms with van der Waals surface area (Å²) in [4.78, 5) is 15.7. The number of carbonyl (C=O) groups excluding carboxylic acids is 1. The highest BCUT2D eigenvalue weighted by atomic mass is 16.5. The summed E-state index contributed by atoms with van der Waals surface area (Å²) in [6.45, 7) is 3.79. The average Bonchev–Trinajstić information content (AvgIpc) is 3.36. The number of likely N-dealkylation sites (tertiary alicyclic amines) is 1. The summed E-state index contributed by atoms with van der Waals surface area (Å²) in [5.74, 6) is 2.03. The molecular weight excluding hydrogens is 424 g/mol. The third kappa shape index (κ3) is 4.55. The normalized spacial score (nSPS) is 22.9. The van der Waals surface area contributed by atoms with Gasteiger partial charge in [-0.1, -0.05) is 49.2 Å². The molecule has 5 nitrogen and oxygen atoms in total. The summed E-state index contributed by atoms with van der Waals surface area (Å²) in [7, 11) is 3.35. The minimum atomic E-state index is 0.127. The minimum Gasteiger partial charge on any atom is -0.493 e. The Labute approximate surface area is 203 Å². The largest absolute Gasteiger partial charge is 0.493 e. The summed E-state index contributed by atoms with van der Waals surface area (Å²) in [5.41, 5.74) is 2.98. The maximum absolute atomic E-state index is 13.2. The van der Waals surface area contributed by atoms with Crippen LogP contribution in [0.2, 0.25) is 0 Å². The highest BCUT2D eigenvalue weighted by Gasteiger charge is 2.58. The molecule has 1 spiro atoms. The third-order valence-corrected chi connectivity index (χ3v) is 8.76. The van der Waals surface area contributed by atoms with Crippen LogP contribution in [0.25, 0.3) is 0 Å². The van der Waals surface area contributed by atoms with Gasteiger partial charge in [-0.25, -0.2) is 0 Å². The molecule has 1 amide bonds. The third-order valence-electron chi connectivity index (χ3n) is 8.76. The second kappa shape index (κ2) is 9.61. The topological polar surface area (TPSA) is 50.8 Å². The molecule has 0 aromatic heterocycles. The van der Waals surface area contributed by atoms with Gasteiger partial charge in [-0.05, 0) is 73.9 Å². The second-order valence-corrected chi connectivity index (χ2v) is 10.7. The summed E-state index contributed by atoms with van der Waals surface area (Å²) in [6.07, 6.45) is 8.16. The van der Waals surface area contributed by atoms with E-state index in [1.165, 1.54) is 36.8 Å². The van der Waals surface area contributed by atoms with E-state index in [1.54, 1.807) is 14.2 Å². The van der Waals surface area contributed by atoms with Gasteiger partial charge in [0, 0.05) is 24.4 Å². The van der Waals surface area contributed by atoms with Crippen molar-refractivity contribution < 1.29 is 14.3 Å². The Hall–Kier alpha value is -2.53. The molecule has 2 aromatic rings. The van der Waals surface area contributed by atoms with E-state index >= 15 is 0 Å². The Morgan fingerprint density at radius 2 is 1.68 bits per heavy atom. The quantitative estimate of drug-likeness (QED) is 0.604. The van der Waals surface area contributed by atoms with Crippen molar-refractivity contribution >= 4 is 5.91 Å². The zero-order valence-corrected chi connectivity index (χ0v) is 20.6. The molecule has 34 heavy (non-hydrogen) atoms. The van der Waals surface area contributed by atoms with Gasteiger partial charge in [-0.2, -0.15) is 0 Å².